The van der Waals surface area contributed by atoms with Crippen LogP contribution < -0.4 is 5.73 Å². The summed E-state index contributed by atoms with van der Waals surface area (Å²) in [7, 11) is 0. The summed E-state index contributed by atoms with van der Waals surface area (Å²) in [5.41, 5.74) is 8.18. The summed E-state index contributed by atoms with van der Waals surface area (Å²) in [4.78, 5) is 13.0. The second kappa shape index (κ2) is 7.20. The first-order chi connectivity index (χ1) is 12.7. The third-order valence-electron chi connectivity index (χ3n) is 4.27. The predicted octanol–water partition coefficient (Wildman–Crippen LogP) is 1.34. The van der Waals surface area contributed by atoms with Crippen molar-refractivity contribution in [1.82, 2.24) is 19.5 Å². The molecule has 3 heterocycles. The van der Waals surface area contributed by atoms with Crippen molar-refractivity contribution in [3.8, 4) is 0 Å². The molecule has 26 heavy (non-hydrogen) atoms. The van der Waals surface area contributed by atoms with Crippen molar-refractivity contribution in [2.45, 2.75) is 35.6 Å². The van der Waals surface area contributed by atoms with E-state index in [9.17, 15) is 10.2 Å². The van der Waals surface area contributed by atoms with Gasteiger partial charge in [-0.2, -0.15) is 4.98 Å². The maximum absolute atomic E-state index is 10.2. The molecular weight excluding hydrogens is 354 g/mol. The van der Waals surface area contributed by atoms with Gasteiger partial charge in [-0.15, -0.1) is 0 Å². The van der Waals surface area contributed by atoms with Gasteiger partial charge in [-0.25, -0.2) is 9.97 Å². The fourth-order valence-corrected chi connectivity index (χ4v) is 3.95. The van der Waals surface area contributed by atoms with E-state index in [1.165, 1.54) is 17.3 Å². The Kier molecular flexibility index (Phi) is 4.77. The van der Waals surface area contributed by atoms with E-state index in [0.29, 0.717) is 22.6 Å². The van der Waals surface area contributed by atoms with Crippen LogP contribution in [0.2, 0.25) is 0 Å². The average Bonchev–Trinajstić information content (AvgIpc) is 3.23. The molecule has 0 spiro atoms. The van der Waals surface area contributed by atoms with Crippen molar-refractivity contribution in [2.75, 3.05) is 12.3 Å². The number of thioether (sulfide) groups is 1. The van der Waals surface area contributed by atoms with Crippen LogP contribution in [0.1, 0.15) is 18.2 Å². The summed E-state index contributed by atoms with van der Waals surface area (Å²) in [6.07, 6.45) is 0.119. The number of ether oxygens (including phenoxy) is 1. The summed E-state index contributed by atoms with van der Waals surface area (Å²) in [5.74, 6) is 0.870. The summed E-state index contributed by atoms with van der Waals surface area (Å²) in [5, 5.41) is 20.2. The molecule has 0 saturated carbocycles. The van der Waals surface area contributed by atoms with Crippen molar-refractivity contribution >= 4 is 28.9 Å². The number of aliphatic hydroxyl groups is 2. The summed E-state index contributed by atoms with van der Waals surface area (Å²) in [6.45, 7) is -0.143. The van der Waals surface area contributed by atoms with Gasteiger partial charge in [0.2, 0.25) is 5.95 Å². The van der Waals surface area contributed by atoms with E-state index in [4.69, 9.17) is 10.5 Å². The first-order valence-corrected chi connectivity index (χ1v) is 9.25. The van der Waals surface area contributed by atoms with E-state index in [-0.39, 0.29) is 12.6 Å². The zero-order valence-corrected chi connectivity index (χ0v) is 14.7. The van der Waals surface area contributed by atoms with Crippen LogP contribution in [0.3, 0.4) is 0 Å². The number of nitrogen functional groups attached to an aromatic ring is 1. The Labute approximate surface area is 154 Å². The standard InChI is InChI=1S/C17H19N5O3S/c18-17-20-14-13(15(21-17)26-8-10-4-2-1-3-5-10)19-9-22(14)16-12(24)6-11(7-23)25-16/h1-5,9,11-12,16,23-24H,6-8H2,(H2,18,20,21). The van der Waals surface area contributed by atoms with E-state index in [1.54, 1.807) is 10.9 Å². The fraction of sp³-hybridized carbons (Fsp3) is 0.353. The zero-order valence-electron chi connectivity index (χ0n) is 13.9. The lowest BCUT2D eigenvalue weighted by molar-refractivity contribution is -0.0486. The maximum Gasteiger partial charge on any atom is 0.223 e. The van der Waals surface area contributed by atoms with Crippen molar-refractivity contribution in [3.63, 3.8) is 0 Å². The van der Waals surface area contributed by atoms with Gasteiger partial charge in [0.1, 0.15) is 16.6 Å². The van der Waals surface area contributed by atoms with Crippen molar-refractivity contribution in [3.05, 3.63) is 42.2 Å². The average molecular weight is 373 g/mol. The van der Waals surface area contributed by atoms with Gasteiger partial charge in [0.25, 0.3) is 0 Å². The molecule has 3 atom stereocenters. The highest BCUT2D eigenvalue weighted by molar-refractivity contribution is 7.98. The minimum atomic E-state index is -0.749. The van der Waals surface area contributed by atoms with Crippen molar-refractivity contribution < 1.29 is 14.9 Å². The van der Waals surface area contributed by atoms with Crippen LogP contribution in [0, 0.1) is 0 Å². The summed E-state index contributed by atoms with van der Waals surface area (Å²) >= 11 is 1.53. The molecular formula is C17H19N5O3S. The molecule has 1 aliphatic heterocycles. The molecule has 136 valence electrons. The Morgan fingerprint density at radius 1 is 1.27 bits per heavy atom. The number of benzene rings is 1. The van der Waals surface area contributed by atoms with Gasteiger partial charge in [0, 0.05) is 12.2 Å². The van der Waals surface area contributed by atoms with Gasteiger partial charge in [0.15, 0.2) is 11.9 Å². The molecule has 8 nitrogen and oxygen atoms in total. The largest absolute Gasteiger partial charge is 0.394 e. The molecule has 4 N–H and O–H groups in total. The molecule has 1 fully saturated rings. The molecule has 0 bridgehead atoms. The highest BCUT2D eigenvalue weighted by Crippen LogP contribution is 2.33. The van der Waals surface area contributed by atoms with E-state index >= 15 is 0 Å². The van der Waals surface area contributed by atoms with Gasteiger partial charge in [-0.3, -0.25) is 4.57 Å². The van der Waals surface area contributed by atoms with Crippen molar-refractivity contribution in [1.29, 1.82) is 0 Å². The van der Waals surface area contributed by atoms with E-state index < -0.39 is 18.4 Å². The first-order valence-electron chi connectivity index (χ1n) is 8.27. The zero-order chi connectivity index (χ0) is 18.1. The summed E-state index contributed by atoms with van der Waals surface area (Å²) in [6, 6.07) is 10.1. The highest BCUT2D eigenvalue weighted by Gasteiger charge is 2.36. The number of aliphatic hydroxyl groups excluding tert-OH is 2. The normalized spacial score (nSPS) is 22.9. The van der Waals surface area contributed by atoms with Gasteiger partial charge in [-0.1, -0.05) is 42.1 Å². The SMILES string of the molecule is Nc1nc(SCc2ccccc2)c2ncn(C3OC(CO)CC3O)c2n1. The topological polar surface area (TPSA) is 119 Å². The molecule has 1 saturated heterocycles. The van der Waals surface area contributed by atoms with E-state index in [0.717, 1.165) is 5.75 Å². The quantitative estimate of drug-likeness (QED) is 0.453. The molecule has 3 aromatic rings. The predicted molar refractivity (Wildman–Crippen MR) is 97.4 cm³/mol. The van der Waals surface area contributed by atoms with Crippen LogP contribution in [0.5, 0.6) is 0 Å². The van der Waals surface area contributed by atoms with Crippen molar-refractivity contribution in [2.24, 2.45) is 0 Å². The van der Waals surface area contributed by atoms with E-state index in [2.05, 4.69) is 15.0 Å². The third-order valence-corrected chi connectivity index (χ3v) is 5.30. The van der Waals surface area contributed by atoms with Crippen LogP contribution in [0.25, 0.3) is 11.2 Å². The minimum absolute atomic E-state index is 0.140. The lowest BCUT2D eigenvalue weighted by Gasteiger charge is -2.16. The Morgan fingerprint density at radius 3 is 2.81 bits per heavy atom. The van der Waals surface area contributed by atoms with Crippen LogP contribution in [-0.4, -0.2) is 48.5 Å². The van der Waals surface area contributed by atoms with Crippen LogP contribution >= 0.6 is 11.8 Å². The van der Waals surface area contributed by atoms with Gasteiger partial charge in [0.05, 0.1) is 19.0 Å². The molecule has 4 rings (SSSR count). The Morgan fingerprint density at radius 2 is 2.08 bits per heavy atom. The second-order valence-corrected chi connectivity index (χ2v) is 7.08. The Hall–Kier alpha value is -2.20. The molecule has 2 aromatic heterocycles. The molecule has 3 unspecified atom stereocenters. The Balaban J connectivity index is 1.65. The molecule has 0 amide bonds. The number of nitrogens with two attached hydrogens (primary N) is 1. The lowest BCUT2D eigenvalue weighted by Crippen LogP contribution is -2.19. The maximum atomic E-state index is 10.2. The lowest BCUT2D eigenvalue weighted by atomic mass is 10.2. The molecule has 9 heteroatoms. The molecule has 1 aromatic carbocycles. The third kappa shape index (κ3) is 3.26. The number of hydrogen-bond donors (Lipinski definition) is 3. The first kappa shape index (κ1) is 17.2. The number of hydrogen-bond acceptors (Lipinski definition) is 8. The van der Waals surface area contributed by atoms with Gasteiger partial charge < -0.3 is 20.7 Å². The highest BCUT2D eigenvalue weighted by atomic mass is 32.2. The fourth-order valence-electron chi connectivity index (χ4n) is 3.02. The van der Waals surface area contributed by atoms with Crippen LogP contribution in [-0.2, 0) is 10.5 Å². The smallest absolute Gasteiger partial charge is 0.223 e. The number of fused-ring (bicyclic) bond motifs is 1. The minimum Gasteiger partial charge on any atom is -0.394 e. The van der Waals surface area contributed by atoms with Crippen LogP contribution in [0.4, 0.5) is 5.95 Å². The monoisotopic (exact) mass is 373 g/mol. The van der Waals surface area contributed by atoms with Gasteiger partial charge >= 0.3 is 0 Å². The van der Waals surface area contributed by atoms with E-state index in [1.807, 2.05) is 30.3 Å². The number of rotatable bonds is 5. The number of aromatic nitrogens is 4. The number of imidazole rings is 1. The Bertz CT molecular complexity index is 904. The second-order valence-electron chi connectivity index (χ2n) is 6.12. The summed E-state index contributed by atoms with van der Waals surface area (Å²) < 4.78 is 7.35. The molecule has 1 aliphatic rings. The number of anilines is 1. The molecule has 0 aliphatic carbocycles. The van der Waals surface area contributed by atoms with Gasteiger partial charge in [-0.05, 0) is 5.56 Å². The van der Waals surface area contributed by atoms with Crippen LogP contribution in [0.15, 0.2) is 41.7 Å². The molecule has 0 radical (unpaired) electrons. The number of nitrogens with zero attached hydrogens (tertiary/aromatic N) is 4.